The zero-order valence-corrected chi connectivity index (χ0v) is 11.3. The zero-order valence-electron chi connectivity index (χ0n) is 10.5. The van der Waals surface area contributed by atoms with Crippen LogP contribution >= 0.6 is 11.3 Å². The second kappa shape index (κ2) is 5.29. The van der Waals surface area contributed by atoms with Crippen LogP contribution in [-0.2, 0) is 6.54 Å². The molecule has 0 saturated carbocycles. The van der Waals surface area contributed by atoms with E-state index in [-0.39, 0.29) is 6.54 Å². The third-order valence-corrected chi connectivity index (χ3v) is 3.40. The molecule has 3 rings (SSSR count). The molecule has 0 aliphatic rings. The van der Waals surface area contributed by atoms with Crippen LogP contribution in [-0.4, -0.2) is 19.6 Å². The number of hydrogen-bond donors (Lipinski definition) is 0. The molecule has 0 atom stereocenters. The fraction of sp³-hybridized carbons (Fsp3) is 0.0833. The van der Waals surface area contributed by atoms with Gasteiger partial charge >= 0.3 is 5.69 Å². The third-order valence-electron chi connectivity index (χ3n) is 2.71. The monoisotopic (exact) mass is 304 g/mol. The Morgan fingerprint density at radius 1 is 1.43 bits per heavy atom. The summed E-state index contributed by atoms with van der Waals surface area (Å²) in [5, 5.41) is 18.3. The molecular weight excluding hydrogens is 296 g/mol. The highest BCUT2D eigenvalue weighted by atomic mass is 32.1. The predicted molar refractivity (Wildman–Crippen MR) is 74.1 cm³/mol. The van der Waals surface area contributed by atoms with Gasteiger partial charge in [0.2, 0.25) is 0 Å². The summed E-state index contributed by atoms with van der Waals surface area (Å²) in [5.41, 5.74) is -0.299. The Labute approximate surface area is 121 Å². The third kappa shape index (κ3) is 2.72. The summed E-state index contributed by atoms with van der Waals surface area (Å²) in [6, 6.07) is 2.99. The van der Waals surface area contributed by atoms with Crippen molar-refractivity contribution in [3.8, 4) is 11.5 Å². The van der Waals surface area contributed by atoms with E-state index >= 15 is 0 Å². The number of pyridine rings is 1. The van der Waals surface area contributed by atoms with Gasteiger partial charge in [0.25, 0.3) is 11.3 Å². The highest BCUT2D eigenvalue weighted by molar-refractivity contribution is 7.08. The fourth-order valence-corrected chi connectivity index (χ4v) is 2.36. The van der Waals surface area contributed by atoms with Crippen molar-refractivity contribution in [2.24, 2.45) is 0 Å². The van der Waals surface area contributed by atoms with E-state index in [1.165, 1.54) is 22.1 Å². The molecule has 0 unspecified atom stereocenters. The Bertz CT molecular complexity index is 837. The molecule has 9 heteroatoms. The molecule has 106 valence electrons. The summed E-state index contributed by atoms with van der Waals surface area (Å²) < 4.78 is 6.58. The Morgan fingerprint density at radius 2 is 2.29 bits per heavy atom. The lowest BCUT2D eigenvalue weighted by molar-refractivity contribution is -0.386. The molecule has 0 N–H and O–H groups in total. The highest BCUT2D eigenvalue weighted by Crippen LogP contribution is 2.20. The van der Waals surface area contributed by atoms with Crippen LogP contribution < -0.4 is 5.43 Å². The molecule has 0 amide bonds. The van der Waals surface area contributed by atoms with Crippen LogP contribution in [0.1, 0.15) is 5.82 Å². The van der Waals surface area contributed by atoms with E-state index in [0.29, 0.717) is 11.7 Å². The highest BCUT2D eigenvalue weighted by Gasteiger charge is 2.14. The van der Waals surface area contributed by atoms with E-state index in [9.17, 15) is 14.9 Å². The summed E-state index contributed by atoms with van der Waals surface area (Å²) in [7, 11) is 0. The van der Waals surface area contributed by atoms with E-state index in [1.807, 2.05) is 16.8 Å². The molecule has 0 radical (unpaired) electrons. The summed E-state index contributed by atoms with van der Waals surface area (Å²) in [4.78, 5) is 25.5. The van der Waals surface area contributed by atoms with E-state index in [4.69, 9.17) is 4.52 Å². The fourth-order valence-electron chi connectivity index (χ4n) is 1.73. The smallest absolute Gasteiger partial charge is 0.332 e. The summed E-state index contributed by atoms with van der Waals surface area (Å²) in [6.07, 6.45) is 2.60. The number of hydrogen-bond acceptors (Lipinski definition) is 7. The maximum absolute atomic E-state index is 11.3. The first-order chi connectivity index (χ1) is 10.1. The van der Waals surface area contributed by atoms with Crippen molar-refractivity contribution >= 4 is 17.0 Å². The molecule has 0 fully saturated rings. The largest absolute Gasteiger partial charge is 0.340 e. The SMILES string of the molecule is O=c1ccn(Cc2noc(-c3ccsc3)n2)cc1[N+](=O)[O-]. The Morgan fingerprint density at radius 3 is 3.00 bits per heavy atom. The van der Waals surface area contributed by atoms with Gasteiger partial charge in [-0.1, -0.05) is 5.16 Å². The Balaban J connectivity index is 1.86. The average molecular weight is 304 g/mol. The van der Waals surface area contributed by atoms with Gasteiger partial charge in [-0.05, 0) is 11.4 Å². The molecule has 0 bridgehead atoms. The summed E-state index contributed by atoms with van der Waals surface area (Å²) >= 11 is 1.51. The Hall–Kier alpha value is -2.81. The van der Waals surface area contributed by atoms with Crippen molar-refractivity contribution in [3.05, 3.63) is 61.4 Å². The molecule has 0 aliphatic heterocycles. The maximum Gasteiger partial charge on any atom is 0.332 e. The average Bonchev–Trinajstić information content (AvgIpc) is 3.11. The van der Waals surface area contributed by atoms with Gasteiger partial charge in [-0.15, -0.1) is 0 Å². The lowest BCUT2D eigenvalue weighted by Crippen LogP contribution is -2.11. The normalized spacial score (nSPS) is 10.7. The molecule has 3 heterocycles. The number of aromatic nitrogens is 3. The van der Waals surface area contributed by atoms with Gasteiger partial charge < -0.3 is 9.09 Å². The van der Waals surface area contributed by atoms with Gasteiger partial charge in [-0.25, -0.2) is 0 Å². The predicted octanol–water partition coefficient (Wildman–Crippen LogP) is 1.92. The molecule has 0 saturated heterocycles. The zero-order chi connectivity index (χ0) is 14.8. The quantitative estimate of drug-likeness (QED) is 0.538. The maximum atomic E-state index is 11.3. The molecule has 0 spiro atoms. The van der Waals surface area contributed by atoms with Gasteiger partial charge in [-0.2, -0.15) is 16.3 Å². The van der Waals surface area contributed by atoms with Gasteiger partial charge in [0.1, 0.15) is 0 Å². The minimum Gasteiger partial charge on any atom is -0.340 e. The standard InChI is InChI=1S/C12H8N4O4S/c17-10-1-3-15(5-9(10)16(18)19)6-11-13-12(20-14-11)8-2-4-21-7-8/h1-5,7H,6H2. The van der Waals surface area contributed by atoms with Gasteiger partial charge in [-0.3, -0.25) is 14.9 Å². The van der Waals surface area contributed by atoms with Crippen molar-refractivity contribution in [1.29, 1.82) is 0 Å². The topological polar surface area (TPSA) is 104 Å². The number of nitro groups is 1. The van der Waals surface area contributed by atoms with Crippen molar-refractivity contribution < 1.29 is 9.45 Å². The lowest BCUT2D eigenvalue weighted by atomic mass is 10.3. The number of rotatable bonds is 4. The van der Waals surface area contributed by atoms with E-state index in [2.05, 4.69) is 10.1 Å². The molecule has 0 aromatic carbocycles. The first kappa shape index (κ1) is 13.2. The van der Waals surface area contributed by atoms with E-state index in [0.717, 1.165) is 17.8 Å². The van der Waals surface area contributed by atoms with Gasteiger partial charge in [0.05, 0.1) is 23.2 Å². The van der Waals surface area contributed by atoms with Crippen molar-refractivity contribution in [2.45, 2.75) is 6.54 Å². The van der Waals surface area contributed by atoms with Gasteiger partial charge in [0, 0.05) is 17.6 Å². The number of thiophene rings is 1. The summed E-state index contributed by atoms with van der Waals surface area (Å²) in [6.45, 7) is 0.175. The van der Waals surface area contributed by atoms with Crippen LogP contribution in [0.4, 0.5) is 5.69 Å². The van der Waals surface area contributed by atoms with Crippen molar-refractivity contribution in [2.75, 3.05) is 0 Å². The van der Waals surface area contributed by atoms with E-state index < -0.39 is 16.0 Å². The lowest BCUT2D eigenvalue weighted by Gasteiger charge is -2.01. The van der Waals surface area contributed by atoms with E-state index in [1.54, 1.807) is 0 Å². The molecular formula is C12H8N4O4S. The first-order valence-corrected chi connectivity index (χ1v) is 6.77. The minimum absolute atomic E-state index is 0.175. The van der Waals surface area contributed by atoms with Crippen molar-refractivity contribution in [1.82, 2.24) is 14.7 Å². The van der Waals surface area contributed by atoms with Crippen LogP contribution in [0.5, 0.6) is 0 Å². The molecule has 8 nitrogen and oxygen atoms in total. The minimum atomic E-state index is -0.716. The van der Waals surface area contributed by atoms with Gasteiger partial charge in [0.15, 0.2) is 5.82 Å². The van der Waals surface area contributed by atoms with Crippen LogP contribution in [0.15, 0.2) is 44.6 Å². The van der Waals surface area contributed by atoms with Crippen molar-refractivity contribution in [3.63, 3.8) is 0 Å². The first-order valence-electron chi connectivity index (χ1n) is 5.83. The van der Waals surface area contributed by atoms with Crippen LogP contribution in [0.25, 0.3) is 11.5 Å². The molecule has 21 heavy (non-hydrogen) atoms. The molecule has 3 aromatic heterocycles. The van der Waals surface area contributed by atoms with Crippen LogP contribution in [0.3, 0.4) is 0 Å². The second-order valence-corrected chi connectivity index (χ2v) is 4.93. The van der Waals surface area contributed by atoms with Crippen LogP contribution in [0, 0.1) is 10.1 Å². The number of nitrogens with zero attached hydrogens (tertiary/aromatic N) is 4. The second-order valence-electron chi connectivity index (χ2n) is 4.15. The van der Waals surface area contributed by atoms with Crippen LogP contribution in [0.2, 0.25) is 0 Å². The molecule has 0 aliphatic carbocycles. The Kier molecular flexibility index (Phi) is 3.32. The molecule has 3 aromatic rings. The summed E-state index contributed by atoms with van der Waals surface area (Å²) in [5.74, 6) is 0.760.